The highest BCUT2D eigenvalue weighted by Gasteiger charge is 2.49. The second-order valence-electron chi connectivity index (χ2n) is 6.21. The minimum absolute atomic E-state index is 0.0250. The predicted octanol–water partition coefficient (Wildman–Crippen LogP) is 1.89. The molecule has 1 N–H and O–H groups in total. The Morgan fingerprint density at radius 2 is 2.11 bits per heavy atom. The van der Waals surface area contributed by atoms with Gasteiger partial charge in [0.1, 0.15) is 0 Å². The molecule has 1 amide bonds. The van der Waals surface area contributed by atoms with Crippen molar-refractivity contribution >= 4 is 5.91 Å². The van der Waals surface area contributed by atoms with Crippen LogP contribution in [0.3, 0.4) is 0 Å². The Morgan fingerprint density at radius 3 is 2.74 bits per heavy atom. The summed E-state index contributed by atoms with van der Waals surface area (Å²) in [5.74, 6) is 1.02. The van der Waals surface area contributed by atoms with Crippen LogP contribution in [-0.2, 0) is 9.53 Å². The van der Waals surface area contributed by atoms with Crippen LogP contribution in [0.5, 0.6) is 0 Å². The molecule has 2 aliphatic heterocycles. The van der Waals surface area contributed by atoms with Crippen molar-refractivity contribution in [3.8, 4) is 0 Å². The first-order valence-electron chi connectivity index (χ1n) is 7.96. The van der Waals surface area contributed by atoms with Crippen LogP contribution < -0.4 is 5.32 Å². The van der Waals surface area contributed by atoms with Gasteiger partial charge < -0.3 is 9.64 Å². The van der Waals surface area contributed by atoms with Crippen molar-refractivity contribution in [3.05, 3.63) is 0 Å². The molecule has 108 valence electrons. The number of carbonyl (C=O) groups excluding carboxylic acids is 1. The Bertz CT molecular complexity index is 343. The summed E-state index contributed by atoms with van der Waals surface area (Å²) in [4.78, 5) is 14.8. The minimum Gasteiger partial charge on any atom is -0.376 e. The Hall–Kier alpha value is -0.610. The Morgan fingerprint density at radius 1 is 1.32 bits per heavy atom. The monoisotopic (exact) mass is 266 g/mol. The van der Waals surface area contributed by atoms with Crippen molar-refractivity contribution in [3.63, 3.8) is 0 Å². The van der Waals surface area contributed by atoms with Crippen LogP contribution in [0.4, 0.5) is 0 Å². The lowest BCUT2D eigenvalue weighted by Gasteiger charge is -2.33. The first kappa shape index (κ1) is 13.4. The molecule has 4 unspecified atom stereocenters. The lowest BCUT2D eigenvalue weighted by atomic mass is 10.0. The van der Waals surface area contributed by atoms with Crippen LogP contribution in [0.15, 0.2) is 0 Å². The quantitative estimate of drug-likeness (QED) is 0.826. The van der Waals surface area contributed by atoms with Gasteiger partial charge in [-0.1, -0.05) is 20.3 Å². The van der Waals surface area contributed by atoms with Gasteiger partial charge in [0.05, 0.1) is 24.4 Å². The highest BCUT2D eigenvalue weighted by molar-refractivity contribution is 5.84. The van der Waals surface area contributed by atoms with Crippen LogP contribution in [0.2, 0.25) is 0 Å². The summed E-state index contributed by atoms with van der Waals surface area (Å²) < 4.78 is 5.92. The second-order valence-corrected chi connectivity index (χ2v) is 6.21. The third-order valence-corrected chi connectivity index (χ3v) is 4.80. The molecule has 0 aromatic heterocycles. The molecule has 1 aliphatic carbocycles. The standard InChI is InChI=1S/C15H26N2O2/c1-3-5-13-16-11(4-2)15(18)17(13)12-8-9-19-14(12)10-6-7-10/h10-14,16H,3-9H2,1-2H3. The summed E-state index contributed by atoms with van der Waals surface area (Å²) in [6, 6.07) is 0.345. The number of amides is 1. The largest absolute Gasteiger partial charge is 0.376 e. The van der Waals surface area contributed by atoms with Crippen molar-refractivity contribution in [2.45, 2.75) is 76.7 Å². The summed E-state index contributed by atoms with van der Waals surface area (Å²) in [7, 11) is 0. The number of carbonyl (C=O) groups is 1. The van der Waals surface area contributed by atoms with Gasteiger partial charge in [0.25, 0.3) is 0 Å². The van der Waals surface area contributed by atoms with E-state index in [1.807, 2.05) is 0 Å². The van der Waals surface area contributed by atoms with Gasteiger partial charge in [0.15, 0.2) is 0 Å². The van der Waals surface area contributed by atoms with E-state index in [9.17, 15) is 4.79 Å². The molecule has 4 atom stereocenters. The SMILES string of the molecule is CCCC1NC(CC)C(=O)N1C1CCOC1C1CC1. The summed E-state index contributed by atoms with van der Waals surface area (Å²) in [5, 5.41) is 3.52. The molecule has 3 aliphatic rings. The fourth-order valence-corrected chi connectivity index (χ4v) is 3.67. The molecular formula is C15H26N2O2. The fourth-order valence-electron chi connectivity index (χ4n) is 3.67. The fraction of sp³-hybridized carbons (Fsp3) is 0.933. The van der Waals surface area contributed by atoms with Gasteiger partial charge in [-0.25, -0.2) is 0 Å². The molecule has 4 nitrogen and oxygen atoms in total. The molecule has 2 saturated heterocycles. The number of hydrogen-bond acceptors (Lipinski definition) is 3. The molecule has 0 aromatic rings. The first-order valence-corrected chi connectivity index (χ1v) is 7.96. The second kappa shape index (κ2) is 5.41. The van der Waals surface area contributed by atoms with E-state index < -0.39 is 0 Å². The van der Waals surface area contributed by atoms with Crippen LogP contribution in [0.1, 0.15) is 52.4 Å². The van der Waals surface area contributed by atoms with Gasteiger partial charge in [-0.3, -0.25) is 10.1 Å². The molecule has 1 saturated carbocycles. The van der Waals surface area contributed by atoms with Gasteiger partial charge >= 0.3 is 0 Å². The Balaban J connectivity index is 1.77. The zero-order valence-electron chi connectivity index (χ0n) is 12.1. The van der Waals surface area contributed by atoms with Crippen LogP contribution >= 0.6 is 0 Å². The Kier molecular flexibility index (Phi) is 3.81. The van der Waals surface area contributed by atoms with Gasteiger partial charge in [0, 0.05) is 6.61 Å². The molecule has 0 aromatic carbocycles. The lowest BCUT2D eigenvalue weighted by Crippen LogP contribution is -2.48. The summed E-state index contributed by atoms with van der Waals surface area (Å²) >= 11 is 0. The molecule has 3 fully saturated rings. The molecular weight excluding hydrogens is 240 g/mol. The van der Waals surface area contributed by atoms with Crippen LogP contribution in [0, 0.1) is 5.92 Å². The normalized spacial score (nSPS) is 39.3. The van der Waals surface area contributed by atoms with Crippen molar-refractivity contribution in [1.29, 1.82) is 0 Å². The van der Waals surface area contributed by atoms with Gasteiger partial charge in [-0.2, -0.15) is 0 Å². The van der Waals surface area contributed by atoms with E-state index in [0.717, 1.165) is 32.3 Å². The molecule has 0 bridgehead atoms. The topological polar surface area (TPSA) is 41.6 Å². The van der Waals surface area contributed by atoms with E-state index in [1.54, 1.807) is 0 Å². The lowest BCUT2D eigenvalue weighted by molar-refractivity contribution is -0.133. The molecule has 4 heteroatoms. The third kappa shape index (κ3) is 2.40. The Labute approximate surface area is 115 Å². The number of nitrogens with one attached hydrogen (secondary N) is 1. The van der Waals surface area contributed by atoms with Crippen LogP contribution in [0.25, 0.3) is 0 Å². The average Bonchev–Trinajstić information content (AvgIpc) is 3.06. The maximum Gasteiger partial charge on any atom is 0.241 e. The third-order valence-electron chi connectivity index (χ3n) is 4.80. The van der Waals surface area contributed by atoms with Crippen molar-refractivity contribution in [1.82, 2.24) is 10.2 Å². The molecule has 19 heavy (non-hydrogen) atoms. The van der Waals surface area contributed by atoms with E-state index in [2.05, 4.69) is 24.1 Å². The highest BCUT2D eigenvalue weighted by atomic mass is 16.5. The van der Waals surface area contributed by atoms with E-state index >= 15 is 0 Å². The maximum absolute atomic E-state index is 12.6. The summed E-state index contributed by atoms with van der Waals surface area (Å²) in [6.07, 6.45) is 7.17. The van der Waals surface area contributed by atoms with E-state index in [-0.39, 0.29) is 12.2 Å². The molecule has 0 spiro atoms. The highest BCUT2D eigenvalue weighted by Crippen LogP contribution is 2.41. The van der Waals surface area contributed by atoms with Gasteiger partial charge in [-0.15, -0.1) is 0 Å². The van der Waals surface area contributed by atoms with Gasteiger partial charge in [-0.05, 0) is 38.0 Å². The number of nitrogens with zero attached hydrogens (tertiary/aromatic N) is 1. The summed E-state index contributed by atoms with van der Waals surface area (Å²) in [6.45, 7) is 5.10. The molecule has 2 heterocycles. The smallest absolute Gasteiger partial charge is 0.241 e. The maximum atomic E-state index is 12.6. The predicted molar refractivity (Wildman–Crippen MR) is 73.6 cm³/mol. The number of ether oxygens (including phenoxy) is 1. The van der Waals surface area contributed by atoms with E-state index in [0.29, 0.717) is 24.0 Å². The van der Waals surface area contributed by atoms with Crippen molar-refractivity contribution in [2.75, 3.05) is 6.61 Å². The van der Waals surface area contributed by atoms with Crippen LogP contribution in [-0.4, -0.2) is 41.8 Å². The molecule has 0 radical (unpaired) electrons. The molecule has 3 rings (SSSR count). The zero-order valence-corrected chi connectivity index (χ0v) is 12.1. The summed E-state index contributed by atoms with van der Waals surface area (Å²) in [5.41, 5.74) is 0. The average molecular weight is 266 g/mol. The number of rotatable bonds is 5. The zero-order chi connectivity index (χ0) is 13.4. The van der Waals surface area contributed by atoms with Gasteiger partial charge in [0.2, 0.25) is 5.91 Å². The van der Waals surface area contributed by atoms with E-state index in [4.69, 9.17) is 4.74 Å². The number of hydrogen-bond donors (Lipinski definition) is 1. The minimum atomic E-state index is 0.0250. The first-order chi connectivity index (χ1) is 9.26. The van der Waals surface area contributed by atoms with Crippen molar-refractivity contribution < 1.29 is 9.53 Å². The van der Waals surface area contributed by atoms with Crippen molar-refractivity contribution in [2.24, 2.45) is 5.92 Å². The van der Waals surface area contributed by atoms with E-state index in [1.165, 1.54) is 12.8 Å².